The van der Waals surface area contributed by atoms with Gasteiger partial charge in [0.1, 0.15) is 12.5 Å². The minimum absolute atomic E-state index is 0.0635. The number of allylic oxidation sites excluding steroid dienone is 3. The maximum Gasteiger partial charge on any atom is 0.148 e. The van der Waals surface area contributed by atoms with Crippen molar-refractivity contribution in [1.82, 2.24) is 9.80 Å². The molecular weight excluding hydrogens is 394 g/mol. The van der Waals surface area contributed by atoms with Crippen LogP contribution < -0.4 is 0 Å². The van der Waals surface area contributed by atoms with Gasteiger partial charge >= 0.3 is 0 Å². The molecule has 1 atom stereocenters. The lowest BCUT2D eigenvalue weighted by Crippen LogP contribution is -2.45. The lowest BCUT2D eigenvalue weighted by Gasteiger charge is -2.40. The Labute approximate surface area is 183 Å². The van der Waals surface area contributed by atoms with Gasteiger partial charge in [-0.1, -0.05) is 37.5 Å². The second-order valence-electron chi connectivity index (χ2n) is 8.72. The molecule has 30 heavy (non-hydrogen) atoms. The fourth-order valence-electron chi connectivity index (χ4n) is 5.03. The molecule has 1 unspecified atom stereocenters. The zero-order valence-electron chi connectivity index (χ0n) is 18.2. The van der Waals surface area contributed by atoms with E-state index in [1.54, 1.807) is 0 Å². The summed E-state index contributed by atoms with van der Waals surface area (Å²) in [6.07, 6.45) is 14.8. The van der Waals surface area contributed by atoms with Crippen molar-refractivity contribution in [3.63, 3.8) is 0 Å². The summed E-state index contributed by atoms with van der Waals surface area (Å²) in [5.41, 5.74) is 3.57. The lowest BCUT2D eigenvalue weighted by molar-refractivity contribution is 0.0240. The van der Waals surface area contributed by atoms with Crippen LogP contribution >= 0.6 is 0 Å². The number of hydrogen-bond acceptors (Lipinski definition) is 5. The highest BCUT2D eigenvalue weighted by Crippen LogP contribution is 2.34. The van der Waals surface area contributed by atoms with Crippen molar-refractivity contribution in [3.8, 4) is 0 Å². The topological polar surface area (TPSA) is 45.1 Å². The molecule has 2 aliphatic carbocycles. The monoisotopic (exact) mass is 429 g/mol. The second kappa shape index (κ2) is 10.2. The molecule has 0 aromatic rings. The largest absolute Gasteiger partial charge is 0.476 e. The van der Waals surface area contributed by atoms with Gasteiger partial charge in [-0.25, -0.2) is 0 Å². The first kappa shape index (κ1) is 21.7. The van der Waals surface area contributed by atoms with Gasteiger partial charge in [0.25, 0.3) is 0 Å². The van der Waals surface area contributed by atoms with E-state index in [1.165, 1.54) is 43.3 Å². The van der Waals surface area contributed by atoms with Crippen molar-refractivity contribution >= 4 is 16.5 Å². The van der Waals surface area contributed by atoms with Crippen LogP contribution in [0.3, 0.4) is 0 Å². The Morgan fingerprint density at radius 3 is 2.73 bits per heavy atom. The second-order valence-corrected chi connectivity index (χ2v) is 10.4. The van der Waals surface area contributed by atoms with Crippen LogP contribution in [0.1, 0.15) is 39.0 Å². The van der Waals surface area contributed by atoms with Gasteiger partial charge in [0.05, 0.1) is 5.71 Å². The van der Waals surface area contributed by atoms with Crippen LogP contribution in [0, 0.1) is 5.92 Å². The highest BCUT2D eigenvalue weighted by Gasteiger charge is 2.35. The van der Waals surface area contributed by atoms with E-state index >= 15 is 0 Å². The average Bonchev–Trinajstić information content (AvgIpc) is 2.79. The van der Waals surface area contributed by atoms with Crippen LogP contribution in [0.15, 0.2) is 52.9 Å². The van der Waals surface area contributed by atoms with Crippen molar-refractivity contribution in [2.75, 3.05) is 44.4 Å². The Balaban J connectivity index is 1.60. The first-order valence-corrected chi connectivity index (χ1v) is 12.9. The van der Waals surface area contributed by atoms with E-state index in [0.717, 1.165) is 49.2 Å². The Hall–Kier alpha value is -1.50. The number of hydrogen-bond donors (Lipinski definition) is 0. The van der Waals surface area contributed by atoms with Gasteiger partial charge in [-0.05, 0) is 25.3 Å². The van der Waals surface area contributed by atoms with Gasteiger partial charge in [0, 0.05) is 72.2 Å². The minimum Gasteiger partial charge on any atom is -0.476 e. The molecule has 0 aromatic carbocycles. The first-order valence-electron chi connectivity index (χ1n) is 11.4. The summed E-state index contributed by atoms with van der Waals surface area (Å²) in [7, 11) is -0.654. The molecule has 0 N–H and O–H groups in total. The molecule has 164 valence electrons. The zero-order valence-corrected chi connectivity index (χ0v) is 19.0. The molecule has 1 saturated carbocycles. The molecule has 4 rings (SSSR count). The molecule has 6 heteroatoms. The summed E-state index contributed by atoms with van der Waals surface area (Å²) in [5, 5.41) is 0. The van der Waals surface area contributed by atoms with Crippen LogP contribution in [0.25, 0.3) is 0 Å². The first-order chi connectivity index (χ1) is 14.7. The van der Waals surface area contributed by atoms with Gasteiger partial charge in [0.15, 0.2) is 0 Å². The summed E-state index contributed by atoms with van der Waals surface area (Å²) in [6, 6.07) is 0.634. The highest BCUT2D eigenvalue weighted by molar-refractivity contribution is 7.85. The van der Waals surface area contributed by atoms with Gasteiger partial charge < -0.3 is 4.74 Å². The van der Waals surface area contributed by atoms with Crippen molar-refractivity contribution < 1.29 is 8.95 Å². The Morgan fingerprint density at radius 1 is 1.27 bits per heavy atom. The van der Waals surface area contributed by atoms with Crippen LogP contribution in [0.2, 0.25) is 0 Å². The number of ether oxygens (including phenoxy) is 1. The molecule has 0 radical (unpaired) electrons. The van der Waals surface area contributed by atoms with Gasteiger partial charge in [0.2, 0.25) is 0 Å². The Morgan fingerprint density at radius 2 is 2.03 bits per heavy atom. The predicted octanol–water partition coefficient (Wildman–Crippen LogP) is 3.64. The van der Waals surface area contributed by atoms with E-state index in [1.807, 2.05) is 25.3 Å². The molecule has 0 aromatic heterocycles. The molecule has 2 heterocycles. The molecule has 2 aliphatic heterocycles. The molecule has 4 aliphatic rings. The fraction of sp³-hybridized carbons (Fsp3) is 0.625. The van der Waals surface area contributed by atoms with Crippen LogP contribution in [-0.2, 0) is 15.5 Å². The third-order valence-electron chi connectivity index (χ3n) is 6.69. The normalized spacial score (nSPS) is 29.2. The maximum atomic E-state index is 11.8. The summed E-state index contributed by atoms with van der Waals surface area (Å²) < 4.78 is 18.1. The van der Waals surface area contributed by atoms with E-state index < -0.39 is 10.8 Å². The van der Waals surface area contributed by atoms with Crippen LogP contribution in [-0.4, -0.2) is 70.2 Å². The zero-order chi connectivity index (χ0) is 20.9. The van der Waals surface area contributed by atoms with Crippen molar-refractivity contribution in [2.45, 2.75) is 45.1 Å². The summed E-state index contributed by atoms with van der Waals surface area (Å²) in [4.78, 5) is 9.72. The van der Waals surface area contributed by atoms with E-state index in [4.69, 9.17) is 9.73 Å². The number of nitrogens with zero attached hydrogens (tertiary/aromatic N) is 3. The van der Waals surface area contributed by atoms with Gasteiger partial charge in [-0.15, -0.1) is 6.58 Å². The van der Waals surface area contributed by atoms with Crippen molar-refractivity contribution in [3.05, 3.63) is 47.9 Å². The average molecular weight is 430 g/mol. The smallest absolute Gasteiger partial charge is 0.148 e. The van der Waals surface area contributed by atoms with E-state index in [9.17, 15) is 4.21 Å². The van der Waals surface area contributed by atoms with Gasteiger partial charge in [-0.2, -0.15) is 0 Å². The summed E-state index contributed by atoms with van der Waals surface area (Å²) in [5.74, 6) is 2.57. The Bertz CT molecular complexity index is 782. The minimum atomic E-state index is -0.654. The van der Waals surface area contributed by atoms with Crippen LogP contribution in [0.4, 0.5) is 0 Å². The molecule has 0 amide bonds. The maximum absolute atomic E-state index is 11.8. The summed E-state index contributed by atoms with van der Waals surface area (Å²) >= 11 is 0. The van der Waals surface area contributed by atoms with E-state index in [-0.39, 0.29) is 5.92 Å². The molecule has 2 fully saturated rings. The van der Waals surface area contributed by atoms with E-state index in [0.29, 0.717) is 12.8 Å². The standard InChI is InChI=1S/C24H35N3O2S/c1-3-10-25-23-22(4-2)19(16-26-11-13-30(28)14-12-26)15-20-17-27(18-29-24(20)23)21-8-6-5-7-9-21/h3-4,10,15,21-22H,2,5-9,11-14,16-18H2,1H3/b10-3-,25-23?. The highest BCUT2D eigenvalue weighted by atomic mass is 32.2. The molecule has 0 bridgehead atoms. The molecule has 5 nitrogen and oxygen atoms in total. The third kappa shape index (κ3) is 4.87. The number of aliphatic imine (C=N–C) groups is 1. The van der Waals surface area contributed by atoms with Gasteiger partial charge in [-0.3, -0.25) is 19.0 Å². The predicted molar refractivity (Wildman–Crippen MR) is 125 cm³/mol. The Kier molecular flexibility index (Phi) is 7.39. The molecule has 0 spiro atoms. The lowest BCUT2D eigenvalue weighted by atomic mass is 9.83. The SMILES string of the molecule is C=CC1C(CN2CCS(=O)CC2)=CC2=C(OCN(C3CCCCC3)C2)C1=N/C=C\C. The molecular formula is C24H35N3O2S. The molecule has 1 saturated heterocycles. The number of rotatable bonds is 5. The van der Waals surface area contributed by atoms with E-state index in [2.05, 4.69) is 22.5 Å². The third-order valence-corrected chi connectivity index (χ3v) is 7.97. The van der Waals surface area contributed by atoms with Crippen LogP contribution in [0.5, 0.6) is 0 Å². The quantitative estimate of drug-likeness (QED) is 0.626. The fourth-order valence-corrected chi connectivity index (χ4v) is 6.16. The van der Waals surface area contributed by atoms with Crippen molar-refractivity contribution in [1.29, 1.82) is 0 Å². The van der Waals surface area contributed by atoms with Crippen molar-refractivity contribution in [2.24, 2.45) is 10.9 Å². The summed E-state index contributed by atoms with van der Waals surface area (Å²) in [6.45, 7) is 10.4.